The van der Waals surface area contributed by atoms with Crippen LogP contribution in [0.25, 0.3) is 16.2 Å². The summed E-state index contributed by atoms with van der Waals surface area (Å²) in [7, 11) is 0. The van der Waals surface area contributed by atoms with E-state index in [0.29, 0.717) is 13.0 Å². The number of aromatic nitrogens is 2. The average Bonchev–Trinajstić information content (AvgIpc) is 3.23. The van der Waals surface area contributed by atoms with E-state index in [1.54, 1.807) is 11.3 Å². The van der Waals surface area contributed by atoms with Crippen LogP contribution in [0.5, 0.6) is 0 Å². The van der Waals surface area contributed by atoms with Crippen LogP contribution in [0.2, 0.25) is 0 Å². The number of rotatable bonds is 3. The second kappa shape index (κ2) is 6.90. The summed E-state index contributed by atoms with van der Waals surface area (Å²) in [6.07, 6.45) is 3.98. The number of aliphatic hydroxyl groups excluding tert-OH is 1. The highest BCUT2D eigenvalue weighted by atomic mass is 35.5. The fraction of sp³-hybridized carbons (Fsp3) is 0.250. The summed E-state index contributed by atoms with van der Waals surface area (Å²) in [6.45, 7) is 0.467. The van der Waals surface area contributed by atoms with E-state index in [1.807, 2.05) is 46.4 Å². The molecule has 1 aliphatic rings. The van der Waals surface area contributed by atoms with Gasteiger partial charge in [0.1, 0.15) is 0 Å². The summed E-state index contributed by atoms with van der Waals surface area (Å²) in [6, 6.07) is 7.29. The fourth-order valence-corrected chi connectivity index (χ4v) is 3.44. The molecule has 2 aromatic heterocycles. The molecule has 2 atom stereocenters. The number of fused-ring (bicyclic) bond motifs is 1. The molecule has 8 heteroatoms. The molecule has 24 heavy (non-hydrogen) atoms. The van der Waals surface area contributed by atoms with Crippen LogP contribution in [0.3, 0.4) is 0 Å². The van der Waals surface area contributed by atoms with Crippen molar-refractivity contribution in [2.24, 2.45) is 0 Å². The largest absolute Gasteiger partial charge is 0.392 e. The first-order chi connectivity index (χ1) is 11.2. The summed E-state index contributed by atoms with van der Waals surface area (Å²) in [4.78, 5) is 17.6. The van der Waals surface area contributed by atoms with E-state index in [4.69, 9.17) is 0 Å². The van der Waals surface area contributed by atoms with E-state index in [2.05, 4.69) is 15.6 Å². The molecule has 3 heterocycles. The van der Waals surface area contributed by atoms with Gasteiger partial charge in [-0.1, -0.05) is 12.1 Å². The highest BCUT2D eigenvalue weighted by Crippen LogP contribution is 2.23. The van der Waals surface area contributed by atoms with Gasteiger partial charge in [0.2, 0.25) is 5.91 Å². The van der Waals surface area contributed by atoms with Crippen molar-refractivity contribution < 1.29 is 9.90 Å². The van der Waals surface area contributed by atoms with Gasteiger partial charge < -0.3 is 15.7 Å². The molecule has 1 aromatic carbocycles. The van der Waals surface area contributed by atoms with Crippen LogP contribution in [-0.2, 0) is 4.79 Å². The average molecular weight is 365 g/mol. The van der Waals surface area contributed by atoms with Gasteiger partial charge in [0, 0.05) is 35.6 Å². The Morgan fingerprint density at radius 1 is 1.38 bits per heavy atom. The van der Waals surface area contributed by atoms with Crippen molar-refractivity contribution in [3.05, 3.63) is 42.0 Å². The van der Waals surface area contributed by atoms with E-state index in [9.17, 15) is 9.90 Å². The van der Waals surface area contributed by atoms with Gasteiger partial charge in [0.25, 0.3) is 0 Å². The Morgan fingerprint density at radius 2 is 2.17 bits per heavy atom. The summed E-state index contributed by atoms with van der Waals surface area (Å²) >= 11 is 1.60. The van der Waals surface area contributed by atoms with Crippen molar-refractivity contribution in [2.45, 2.75) is 18.6 Å². The first kappa shape index (κ1) is 16.9. The van der Waals surface area contributed by atoms with Crippen molar-refractivity contribution in [1.82, 2.24) is 14.7 Å². The van der Waals surface area contributed by atoms with Gasteiger partial charge in [-0.3, -0.25) is 9.20 Å². The smallest absolute Gasteiger partial charge is 0.241 e. The zero-order valence-electron chi connectivity index (χ0n) is 12.7. The first-order valence-corrected chi connectivity index (χ1v) is 8.32. The number of β-amino-alcohol motifs (C(OH)–C–C–N with tert-alkyl or cyclic N) is 1. The number of amides is 1. The Labute approximate surface area is 148 Å². The highest BCUT2D eigenvalue weighted by Gasteiger charge is 2.27. The van der Waals surface area contributed by atoms with Crippen LogP contribution in [0, 0.1) is 0 Å². The Hall–Kier alpha value is -1.93. The quantitative estimate of drug-likeness (QED) is 0.665. The number of carbonyl (C=O) groups is 1. The first-order valence-electron chi connectivity index (χ1n) is 7.44. The van der Waals surface area contributed by atoms with Crippen molar-refractivity contribution in [1.29, 1.82) is 0 Å². The predicted molar refractivity (Wildman–Crippen MR) is 96.8 cm³/mol. The third-order valence-corrected chi connectivity index (χ3v) is 4.74. The number of halogens is 1. The number of nitrogens with one attached hydrogen (secondary N) is 2. The Morgan fingerprint density at radius 3 is 2.83 bits per heavy atom. The second-order valence-corrected chi connectivity index (χ2v) is 6.51. The molecule has 1 amide bonds. The van der Waals surface area contributed by atoms with Gasteiger partial charge in [-0.15, -0.1) is 23.7 Å². The van der Waals surface area contributed by atoms with Gasteiger partial charge in [-0.25, -0.2) is 4.98 Å². The molecule has 2 unspecified atom stereocenters. The van der Waals surface area contributed by atoms with E-state index in [0.717, 1.165) is 21.9 Å². The standard InChI is InChI=1S/C16H16N4O2S.ClH/c21-12-7-13(17-8-12)15(22)18-11-3-1-10(2-4-11)14-9-20-5-6-23-16(20)19-14;/h1-6,9,12-13,17,21H,7-8H2,(H,18,22);1H. The minimum atomic E-state index is -0.442. The lowest BCUT2D eigenvalue weighted by atomic mass is 10.1. The number of aliphatic hydroxyl groups is 1. The Balaban J connectivity index is 0.00000169. The Bertz CT molecular complexity index is 817. The van der Waals surface area contributed by atoms with Crippen LogP contribution >= 0.6 is 23.7 Å². The van der Waals surface area contributed by atoms with E-state index < -0.39 is 6.10 Å². The lowest BCUT2D eigenvalue weighted by molar-refractivity contribution is -0.117. The molecule has 3 aromatic rings. The molecule has 1 saturated heterocycles. The maximum atomic E-state index is 12.1. The van der Waals surface area contributed by atoms with Crippen LogP contribution in [-0.4, -0.2) is 39.1 Å². The number of anilines is 1. The number of benzene rings is 1. The zero-order valence-corrected chi connectivity index (χ0v) is 14.3. The molecule has 0 radical (unpaired) electrons. The molecular weight excluding hydrogens is 348 g/mol. The number of hydrogen-bond donors (Lipinski definition) is 3. The van der Waals surface area contributed by atoms with Gasteiger partial charge in [0.05, 0.1) is 17.8 Å². The normalized spacial score (nSPS) is 20.0. The molecule has 1 fully saturated rings. The second-order valence-electron chi connectivity index (χ2n) is 5.64. The molecule has 1 aliphatic heterocycles. The van der Waals surface area contributed by atoms with Gasteiger partial charge >= 0.3 is 0 Å². The van der Waals surface area contributed by atoms with Crippen molar-refractivity contribution >= 4 is 40.3 Å². The Kier molecular flexibility index (Phi) is 4.86. The highest BCUT2D eigenvalue weighted by molar-refractivity contribution is 7.15. The van der Waals surface area contributed by atoms with Crippen molar-refractivity contribution in [2.75, 3.05) is 11.9 Å². The molecule has 6 nitrogen and oxygen atoms in total. The summed E-state index contributed by atoms with van der Waals surface area (Å²) < 4.78 is 1.99. The van der Waals surface area contributed by atoms with Crippen molar-refractivity contribution in [3.63, 3.8) is 0 Å². The predicted octanol–water partition coefficient (Wildman–Crippen LogP) is 2.15. The lowest BCUT2D eigenvalue weighted by Gasteiger charge is -2.11. The molecule has 4 rings (SSSR count). The minimum Gasteiger partial charge on any atom is -0.392 e. The molecular formula is C16H17ClN4O2S. The summed E-state index contributed by atoms with van der Waals surface area (Å²) in [5.74, 6) is -0.114. The van der Waals surface area contributed by atoms with Gasteiger partial charge in [-0.2, -0.15) is 0 Å². The number of thiazole rings is 1. The van der Waals surface area contributed by atoms with Gasteiger partial charge in [0.15, 0.2) is 4.96 Å². The number of nitrogens with zero attached hydrogens (tertiary/aromatic N) is 2. The maximum Gasteiger partial charge on any atom is 0.241 e. The van der Waals surface area contributed by atoms with E-state index in [1.165, 1.54) is 0 Å². The molecule has 0 spiro atoms. The lowest BCUT2D eigenvalue weighted by Crippen LogP contribution is -2.35. The van der Waals surface area contributed by atoms with Gasteiger partial charge in [-0.05, 0) is 18.6 Å². The van der Waals surface area contributed by atoms with Crippen LogP contribution in [0.4, 0.5) is 5.69 Å². The van der Waals surface area contributed by atoms with Crippen LogP contribution in [0.15, 0.2) is 42.0 Å². The van der Waals surface area contributed by atoms with Crippen LogP contribution < -0.4 is 10.6 Å². The third kappa shape index (κ3) is 3.29. The minimum absolute atomic E-state index is 0. The number of hydrogen-bond acceptors (Lipinski definition) is 5. The monoisotopic (exact) mass is 364 g/mol. The van der Waals surface area contributed by atoms with E-state index >= 15 is 0 Å². The van der Waals surface area contributed by atoms with E-state index in [-0.39, 0.29) is 24.4 Å². The third-order valence-electron chi connectivity index (χ3n) is 3.97. The van der Waals surface area contributed by atoms with Crippen molar-refractivity contribution in [3.8, 4) is 11.3 Å². The fourth-order valence-electron chi connectivity index (χ4n) is 2.74. The number of carbonyl (C=O) groups excluding carboxylic acids is 1. The zero-order chi connectivity index (χ0) is 15.8. The number of imidazole rings is 1. The molecule has 3 N–H and O–H groups in total. The SMILES string of the molecule is Cl.O=C(Nc1ccc(-c2cn3ccsc3n2)cc1)C1CC(O)CN1. The molecule has 0 bridgehead atoms. The summed E-state index contributed by atoms with van der Waals surface area (Å²) in [5, 5.41) is 17.3. The maximum absolute atomic E-state index is 12.1. The molecule has 0 saturated carbocycles. The topological polar surface area (TPSA) is 78.7 Å². The molecule has 0 aliphatic carbocycles. The molecule has 126 valence electrons. The van der Waals surface area contributed by atoms with Crippen LogP contribution in [0.1, 0.15) is 6.42 Å². The summed E-state index contributed by atoms with van der Waals surface area (Å²) in [5.41, 5.74) is 2.66.